The first kappa shape index (κ1) is 13.9. The SMILES string of the molecule is Cc1cc(/C(N)=N/O)nc(Sc2ccc3c(c2)CCC3)n1. The Morgan fingerprint density at radius 2 is 2.05 bits per heavy atom. The molecule has 0 spiro atoms. The van der Waals surface area contributed by atoms with Gasteiger partial charge in [-0.3, -0.25) is 0 Å². The van der Waals surface area contributed by atoms with Crippen molar-refractivity contribution in [2.75, 3.05) is 0 Å². The standard InChI is InChI=1S/C15H16N4OS/c1-9-7-13(14(16)19-20)18-15(17-9)21-12-6-5-10-3-2-4-11(10)8-12/h5-8,20H,2-4H2,1H3,(H2,16,19). The van der Waals surface area contributed by atoms with E-state index in [0.717, 1.165) is 17.0 Å². The van der Waals surface area contributed by atoms with Gasteiger partial charge in [-0.25, -0.2) is 9.97 Å². The lowest BCUT2D eigenvalue weighted by atomic mass is 10.1. The molecule has 108 valence electrons. The highest BCUT2D eigenvalue weighted by atomic mass is 32.2. The number of benzene rings is 1. The van der Waals surface area contributed by atoms with E-state index < -0.39 is 0 Å². The number of nitrogens with zero attached hydrogens (tertiary/aromatic N) is 3. The van der Waals surface area contributed by atoms with E-state index in [1.165, 1.54) is 35.7 Å². The molecular formula is C15H16N4OS. The predicted octanol–water partition coefficient (Wildman–Crippen LogP) is 2.52. The summed E-state index contributed by atoms with van der Waals surface area (Å²) >= 11 is 1.50. The summed E-state index contributed by atoms with van der Waals surface area (Å²) < 4.78 is 0. The third-order valence-corrected chi connectivity index (χ3v) is 4.34. The number of nitrogens with two attached hydrogens (primary N) is 1. The summed E-state index contributed by atoms with van der Waals surface area (Å²) in [5.74, 6) is -0.00342. The second-order valence-electron chi connectivity index (χ2n) is 5.05. The first-order valence-electron chi connectivity index (χ1n) is 6.79. The molecule has 1 heterocycles. The van der Waals surface area contributed by atoms with Gasteiger partial charge in [-0.1, -0.05) is 11.2 Å². The zero-order valence-electron chi connectivity index (χ0n) is 11.7. The number of rotatable bonds is 3. The van der Waals surface area contributed by atoms with Crippen molar-refractivity contribution >= 4 is 17.6 Å². The number of aromatic nitrogens is 2. The maximum atomic E-state index is 8.76. The third kappa shape index (κ3) is 3.00. The Bertz CT molecular complexity index is 715. The molecule has 0 atom stereocenters. The molecule has 1 aliphatic rings. The molecular weight excluding hydrogens is 284 g/mol. The molecule has 5 nitrogen and oxygen atoms in total. The topological polar surface area (TPSA) is 84.4 Å². The number of fused-ring (bicyclic) bond motifs is 1. The van der Waals surface area contributed by atoms with Gasteiger partial charge in [0.15, 0.2) is 11.0 Å². The van der Waals surface area contributed by atoms with Crippen LogP contribution in [-0.4, -0.2) is 21.0 Å². The fourth-order valence-corrected chi connectivity index (χ4v) is 3.37. The van der Waals surface area contributed by atoms with Crippen LogP contribution in [0.2, 0.25) is 0 Å². The van der Waals surface area contributed by atoms with Crippen LogP contribution in [0.25, 0.3) is 0 Å². The number of hydrogen-bond acceptors (Lipinski definition) is 5. The normalized spacial score (nSPS) is 14.2. The van der Waals surface area contributed by atoms with E-state index >= 15 is 0 Å². The van der Waals surface area contributed by atoms with Crippen molar-refractivity contribution in [3.8, 4) is 0 Å². The number of aryl methyl sites for hydroxylation is 3. The molecule has 3 rings (SSSR count). The Labute approximate surface area is 127 Å². The van der Waals surface area contributed by atoms with Crippen molar-refractivity contribution in [3.05, 3.63) is 46.8 Å². The molecule has 0 saturated carbocycles. The summed E-state index contributed by atoms with van der Waals surface area (Å²) in [6, 6.07) is 8.19. The third-order valence-electron chi connectivity index (χ3n) is 3.48. The molecule has 3 N–H and O–H groups in total. The Hall–Kier alpha value is -2.08. The number of amidine groups is 1. The van der Waals surface area contributed by atoms with Crippen molar-refractivity contribution in [2.24, 2.45) is 10.9 Å². The van der Waals surface area contributed by atoms with Crippen molar-refractivity contribution in [2.45, 2.75) is 36.2 Å². The van der Waals surface area contributed by atoms with E-state index in [0.29, 0.717) is 10.9 Å². The fraction of sp³-hybridized carbons (Fsp3) is 0.267. The van der Waals surface area contributed by atoms with Crippen molar-refractivity contribution in [3.63, 3.8) is 0 Å². The van der Waals surface area contributed by atoms with Crippen LogP contribution in [0.5, 0.6) is 0 Å². The Kier molecular flexibility index (Phi) is 3.79. The van der Waals surface area contributed by atoms with E-state index in [1.54, 1.807) is 6.07 Å². The van der Waals surface area contributed by atoms with E-state index in [-0.39, 0.29) is 5.84 Å². The van der Waals surface area contributed by atoms with Crippen LogP contribution >= 0.6 is 11.8 Å². The molecule has 0 saturated heterocycles. The van der Waals surface area contributed by atoms with E-state index in [9.17, 15) is 0 Å². The molecule has 1 aromatic carbocycles. The molecule has 1 aromatic heterocycles. The van der Waals surface area contributed by atoms with Gasteiger partial charge >= 0.3 is 0 Å². The second kappa shape index (κ2) is 5.73. The lowest BCUT2D eigenvalue weighted by Crippen LogP contribution is -2.16. The van der Waals surface area contributed by atoms with Gasteiger partial charge in [0.05, 0.1) is 0 Å². The molecule has 2 aromatic rings. The maximum Gasteiger partial charge on any atom is 0.193 e. The van der Waals surface area contributed by atoms with Gasteiger partial charge in [0.25, 0.3) is 0 Å². The molecule has 6 heteroatoms. The van der Waals surface area contributed by atoms with Gasteiger partial charge in [-0.15, -0.1) is 0 Å². The highest BCUT2D eigenvalue weighted by molar-refractivity contribution is 7.99. The smallest absolute Gasteiger partial charge is 0.193 e. The Balaban J connectivity index is 1.89. The zero-order chi connectivity index (χ0) is 14.8. The van der Waals surface area contributed by atoms with Crippen LogP contribution in [-0.2, 0) is 12.8 Å². The lowest BCUT2D eigenvalue weighted by Gasteiger charge is -2.06. The van der Waals surface area contributed by atoms with Crippen molar-refractivity contribution < 1.29 is 5.21 Å². The predicted molar refractivity (Wildman–Crippen MR) is 81.9 cm³/mol. The van der Waals surface area contributed by atoms with Gasteiger partial charge < -0.3 is 10.9 Å². The zero-order valence-corrected chi connectivity index (χ0v) is 12.5. The van der Waals surface area contributed by atoms with Crippen LogP contribution < -0.4 is 5.73 Å². The van der Waals surface area contributed by atoms with Crippen LogP contribution in [0.4, 0.5) is 0 Å². The minimum Gasteiger partial charge on any atom is -0.409 e. The molecule has 0 fully saturated rings. The highest BCUT2D eigenvalue weighted by Crippen LogP contribution is 2.30. The molecule has 1 aliphatic carbocycles. The average molecular weight is 300 g/mol. The first-order valence-corrected chi connectivity index (χ1v) is 7.60. The minimum absolute atomic E-state index is 0.00342. The summed E-state index contributed by atoms with van der Waals surface area (Å²) in [5.41, 5.74) is 9.69. The van der Waals surface area contributed by atoms with Gasteiger partial charge in [-0.05, 0) is 67.3 Å². The molecule has 21 heavy (non-hydrogen) atoms. The number of hydrogen-bond donors (Lipinski definition) is 2. The van der Waals surface area contributed by atoms with Crippen molar-refractivity contribution in [1.29, 1.82) is 0 Å². The summed E-state index contributed by atoms with van der Waals surface area (Å²) in [6.45, 7) is 1.86. The Morgan fingerprint density at radius 1 is 1.24 bits per heavy atom. The van der Waals surface area contributed by atoms with Crippen molar-refractivity contribution in [1.82, 2.24) is 9.97 Å². The molecule has 0 amide bonds. The minimum atomic E-state index is -0.00342. The molecule has 0 aliphatic heterocycles. The number of oxime groups is 1. The maximum absolute atomic E-state index is 8.76. The summed E-state index contributed by atoms with van der Waals surface area (Å²) in [6.07, 6.45) is 3.56. The van der Waals surface area contributed by atoms with Gasteiger partial charge in [0.1, 0.15) is 5.69 Å². The molecule has 0 unspecified atom stereocenters. The van der Waals surface area contributed by atoms with Gasteiger partial charge in [0.2, 0.25) is 0 Å². The summed E-state index contributed by atoms with van der Waals surface area (Å²) in [4.78, 5) is 9.85. The van der Waals surface area contributed by atoms with E-state index in [1.807, 2.05) is 6.92 Å². The quantitative estimate of drug-likeness (QED) is 0.299. The van der Waals surface area contributed by atoms with Gasteiger partial charge in [0, 0.05) is 10.6 Å². The Morgan fingerprint density at radius 3 is 2.86 bits per heavy atom. The van der Waals surface area contributed by atoms with Crippen LogP contribution in [0.3, 0.4) is 0 Å². The monoisotopic (exact) mass is 300 g/mol. The first-order chi connectivity index (χ1) is 10.2. The van der Waals surface area contributed by atoms with E-state index in [2.05, 4.69) is 33.3 Å². The average Bonchev–Trinajstić information content (AvgIpc) is 2.93. The fourth-order valence-electron chi connectivity index (χ4n) is 2.49. The molecule has 0 radical (unpaired) electrons. The molecule has 0 bridgehead atoms. The summed E-state index contributed by atoms with van der Waals surface area (Å²) in [7, 11) is 0. The lowest BCUT2D eigenvalue weighted by molar-refractivity contribution is 0.318. The van der Waals surface area contributed by atoms with Gasteiger partial charge in [-0.2, -0.15) is 0 Å². The van der Waals surface area contributed by atoms with Crippen LogP contribution in [0.1, 0.15) is 28.9 Å². The largest absolute Gasteiger partial charge is 0.409 e. The second-order valence-corrected chi connectivity index (χ2v) is 6.09. The van der Waals surface area contributed by atoms with Crippen LogP contribution in [0.15, 0.2) is 39.5 Å². The van der Waals surface area contributed by atoms with E-state index in [4.69, 9.17) is 10.9 Å². The highest BCUT2D eigenvalue weighted by Gasteiger charge is 2.13. The van der Waals surface area contributed by atoms with Crippen LogP contribution in [0, 0.1) is 6.92 Å². The summed E-state index contributed by atoms with van der Waals surface area (Å²) in [5, 5.41) is 12.4.